The predicted molar refractivity (Wildman–Crippen MR) is 87.0 cm³/mol. The van der Waals surface area contributed by atoms with Gasteiger partial charge in [0.1, 0.15) is 11.5 Å². The minimum absolute atomic E-state index is 0.0423. The van der Waals surface area contributed by atoms with Crippen LogP contribution >= 0.6 is 15.9 Å². The normalized spacial score (nSPS) is 14.4. The predicted octanol–water partition coefficient (Wildman–Crippen LogP) is 3.64. The highest BCUT2D eigenvalue weighted by molar-refractivity contribution is 9.10. The van der Waals surface area contributed by atoms with E-state index in [4.69, 9.17) is 15.2 Å². The number of benzene rings is 2. The number of ether oxygens (including phenoxy) is 2. The van der Waals surface area contributed by atoms with Gasteiger partial charge in [0.15, 0.2) is 0 Å². The maximum absolute atomic E-state index is 6.38. The summed E-state index contributed by atoms with van der Waals surface area (Å²) in [5.74, 6) is 1.84. The van der Waals surface area contributed by atoms with Crippen LogP contribution in [-0.2, 0) is 12.8 Å². The van der Waals surface area contributed by atoms with Crippen molar-refractivity contribution in [3.8, 4) is 11.5 Å². The molecule has 0 aromatic heterocycles. The van der Waals surface area contributed by atoms with Crippen molar-refractivity contribution in [3.05, 3.63) is 57.6 Å². The molecule has 0 saturated carbocycles. The summed E-state index contributed by atoms with van der Waals surface area (Å²) in [6.07, 6.45) is 1.73. The fraction of sp³-hybridized carbons (Fsp3) is 0.294. The molecule has 1 heterocycles. The first-order chi connectivity index (χ1) is 10.2. The van der Waals surface area contributed by atoms with Crippen LogP contribution in [0.5, 0.6) is 11.5 Å². The summed E-state index contributed by atoms with van der Waals surface area (Å²) in [5, 5.41) is 0. The molecule has 21 heavy (non-hydrogen) atoms. The second kappa shape index (κ2) is 6.08. The molecule has 1 unspecified atom stereocenters. The molecule has 0 fully saturated rings. The lowest BCUT2D eigenvalue weighted by atomic mass is 9.97. The summed E-state index contributed by atoms with van der Waals surface area (Å²) in [6.45, 7) is 0.773. The third-order valence-electron chi connectivity index (χ3n) is 3.83. The van der Waals surface area contributed by atoms with Gasteiger partial charge in [0.05, 0.1) is 13.7 Å². The maximum atomic E-state index is 6.38. The highest BCUT2D eigenvalue weighted by Crippen LogP contribution is 2.30. The van der Waals surface area contributed by atoms with Crippen LogP contribution in [-0.4, -0.2) is 13.7 Å². The van der Waals surface area contributed by atoms with E-state index in [-0.39, 0.29) is 6.04 Å². The fourth-order valence-electron chi connectivity index (χ4n) is 2.63. The Morgan fingerprint density at radius 1 is 1.29 bits per heavy atom. The Labute approximate surface area is 133 Å². The van der Waals surface area contributed by atoms with Gasteiger partial charge < -0.3 is 15.2 Å². The van der Waals surface area contributed by atoms with E-state index in [1.807, 2.05) is 24.3 Å². The Hall–Kier alpha value is -1.52. The SMILES string of the molecule is COc1ccc(Br)c(CC(N)c2ccc3c(c2)CCO3)c1. The van der Waals surface area contributed by atoms with Crippen molar-refractivity contribution in [2.75, 3.05) is 13.7 Å². The molecule has 3 rings (SSSR count). The van der Waals surface area contributed by atoms with Gasteiger partial charge in [0.2, 0.25) is 0 Å². The first kappa shape index (κ1) is 14.4. The lowest BCUT2D eigenvalue weighted by molar-refractivity contribution is 0.357. The zero-order valence-corrected chi connectivity index (χ0v) is 13.5. The van der Waals surface area contributed by atoms with Crippen LogP contribution < -0.4 is 15.2 Å². The summed E-state index contributed by atoms with van der Waals surface area (Å²) in [4.78, 5) is 0. The molecule has 0 bridgehead atoms. The zero-order valence-electron chi connectivity index (χ0n) is 11.9. The van der Waals surface area contributed by atoms with Crippen LogP contribution in [0.2, 0.25) is 0 Å². The third-order valence-corrected chi connectivity index (χ3v) is 4.61. The minimum Gasteiger partial charge on any atom is -0.497 e. The maximum Gasteiger partial charge on any atom is 0.122 e. The molecular weight excluding hydrogens is 330 g/mol. The molecule has 0 radical (unpaired) electrons. The summed E-state index contributed by atoms with van der Waals surface area (Å²) in [5.41, 5.74) is 9.93. The Balaban J connectivity index is 1.81. The topological polar surface area (TPSA) is 44.5 Å². The van der Waals surface area contributed by atoms with E-state index in [1.165, 1.54) is 5.56 Å². The van der Waals surface area contributed by atoms with Gasteiger partial charge in [0.25, 0.3) is 0 Å². The van der Waals surface area contributed by atoms with Gasteiger partial charge in [-0.15, -0.1) is 0 Å². The lowest BCUT2D eigenvalue weighted by Crippen LogP contribution is -2.14. The second-order valence-corrected chi connectivity index (χ2v) is 6.09. The van der Waals surface area contributed by atoms with Crippen LogP contribution in [0.25, 0.3) is 0 Å². The van der Waals surface area contributed by atoms with Gasteiger partial charge >= 0.3 is 0 Å². The van der Waals surface area contributed by atoms with Crippen molar-refractivity contribution in [1.29, 1.82) is 0 Å². The van der Waals surface area contributed by atoms with E-state index in [2.05, 4.69) is 28.1 Å². The molecule has 2 aromatic carbocycles. The molecule has 2 aromatic rings. The second-order valence-electron chi connectivity index (χ2n) is 5.23. The minimum atomic E-state index is -0.0423. The number of hydrogen-bond donors (Lipinski definition) is 1. The Bertz CT molecular complexity index is 657. The van der Waals surface area contributed by atoms with Crippen LogP contribution in [0.15, 0.2) is 40.9 Å². The number of hydrogen-bond acceptors (Lipinski definition) is 3. The van der Waals surface area contributed by atoms with Crippen molar-refractivity contribution in [1.82, 2.24) is 0 Å². The van der Waals surface area contributed by atoms with Crippen molar-refractivity contribution in [3.63, 3.8) is 0 Å². The van der Waals surface area contributed by atoms with Crippen molar-refractivity contribution in [2.24, 2.45) is 5.73 Å². The third kappa shape index (κ3) is 3.06. The first-order valence-corrected chi connectivity index (χ1v) is 7.80. The fourth-order valence-corrected chi connectivity index (χ4v) is 3.03. The van der Waals surface area contributed by atoms with Crippen molar-refractivity contribution in [2.45, 2.75) is 18.9 Å². The van der Waals surface area contributed by atoms with Crippen molar-refractivity contribution < 1.29 is 9.47 Å². The molecule has 0 amide bonds. The first-order valence-electron chi connectivity index (χ1n) is 7.01. The van der Waals surface area contributed by atoms with Gasteiger partial charge in [0, 0.05) is 16.9 Å². The lowest BCUT2D eigenvalue weighted by Gasteiger charge is -2.15. The van der Waals surface area contributed by atoms with E-state index >= 15 is 0 Å². The quantitative estimate of drug-likeness (QED) is 0.918. The summed E-state index contributed by atoms with van der Waals surface area (Å²) in [6, 6.07) is 12.2. The van der Waals surface area contributed by atoms with E-state index in [0.29, 0.717) is 0 Å². The van der Waals surface area contributed by atoms with E-state index in [0.717, 1.165) is 46.5 Å². The summed E-state index contributed by atoms with van der Waals surface area (Å²) >= 11 is 3.58. The number of halogens is 1. The number of nitrogens with two attached hydrogens (primary N) is 1. The zero-order chi connectivity index (χ0) is 14.8. The number of methoxy groups -OCH3 is 1. The molecule has 3 nitrogen and oxygen atoms in total. The molecule has 2 N–H and O–H groups in total. The Morgan fingerprint density at radius 2 is 2.14 bits per heavy atom. The average molecular weight is 348 g/mol. The van der Waals surface area contributed by atoms with E-state index in [9.17, 15) is 0 Å². The van der Waals surface area contributed by atoms with Gasteiger partial charge in [-0.05, 0) is 47.4 Å². The summed E-state index contributed by atoms with van der Waals surface area (Å²) < 4.78 is 11.9. The average Bonchev–Trinajstić information content (AvgIpc) is 2.96. The van der Waals surface area contributed by atoms with Crippen LogP contribution in [0.4, 0.5) is 0 Å². The van der Waals surface area contributed by atoms with Crippen LogP contribution in [0.3, 0.4) is 0 Å². The number of rotatable bonds is 4. The molecule has 1 atom stereocenters. The summed E-state index contributed by atoms with van der Waals surface area (Å²) in [7, 11) is 1.67. The number of fused-ring (bicyclic) bond motifs is 1. The molecular formula is C17H18BrNO2. The van der Waals surface area contributed by atoms with Gasteiger partial charge in [-0.3, -0.25) is 0 Å². The molecule has 4 heteroatoms. The van der Waals surface area contributed by atoms with Gasteiger partial charge in [-0.1, -0.05) is 28.1 Å². The Kier molecular flexibility index (Phi) is 4.17. The molecule has 0 saturated heterocycles. The van der Waals surface area contributed by atoms with Crippen LogP contribution in [0.1, 0.15) is 22.7 Å². The Morgan fingerprint density at radius 3 is 2.95 bits per heavy atom. The van der Waals surface area contributed by atoms with E-state index in [1.54, 1.807) is 7.11 Å². The van der Waals surface area contributed by atoms with Gasteiger partial charge in [-0.25, -0.2) is 0 Å². The van der Waals surface area contributed by atoms with Crippen molar-refractivity contribution >= 4 is 15.9 Å². The highest BCUT2D eigenvalue weighted by Gasteiger charge is 2.16. The largest absolute Gasteiger partial charge is 0.497 e. The standard InChI is InChI=1S/C17H18BrNO2/c1-20-14-3-4-15(18)13(9-14)10-16(19)11-2-5-17-12(8-11)6-7-21-17/h2-5,8-9,16H,6-7,10,19H2,1H3. The molecule has 0 aliphatic carbocycles. The monoisotopic (exact) mass is 347 g/mol. The molecule has 110 valence electrons. The van der Waals surface area contributed by atoms with E-state index < -0.39 is 0 Å². The molecule has 0 spiro atoms. The van der Waals surface area contributed by atoms with Gasteiger partial charge in [-0.2, -0.15) is 0 Å². The highest BCUT2D eigenvalue weighted by atomic mass is 79.9. The smallest absolute Gasteiger partial charge is 0.122 e. The van der Waals surface area contributed by atoms with Crippen LogP contribution in [0, 0.1) is 0 Å². The molecule has 1 aliphatic heterocycles. The molecule has 1 aliphatic rings.